The third-order valence-corrected chi connectivity index (χ3v) is 5.81. The molecule has 1 aliphatic heterocycles. The average Bonchev–Trinajstić information content (AvgIpc) is 3.28. The molecule has 0 radical (unpaired) electrons. The van der Waals surface area contributed by atoms with E-state index < -0.39 is 0 Å². The summed E-state index contributed by atoms with van der Waals surface area (Å²) in [5.74, 6) is 0.867. The first-order valence-corrected chi connectivity index (χ1v) is 10.2. The minimum absolute atomic E-state index is 0.107. The van der Waals surface area contributed by atoms with Crippen molar-refractivity contribution in [3.63, 3.8) is 0 Å². The molecule has 0 atom stereocenters. The van der Waals surface area contributed by atoms with Gasteiger partial charge in [0.25, 0.3) is 0 Å². The number of hydrogen-bond donors (Lipinski definition) is 2. The highest BCUT2D eigenvalue weighted by molar-refractivity contribution is 7.22. The number of urea groups is 1. The average molecular weight is 418 g/mol. The number of benzene rings is 1. The SMILES string of the molecule is Cc1cc(CCO)cnc1N1CCN(C(=O)Nc2nc3ccc(Cl)cc3s2)C1. The van der Waals surface area contributed by atoms with Crippen molar-refractivity contribution in [3.8, 4) is 0 Å². The Balaban J connectivity index is 1.42. The third-order valence-electron chi connectivity index (χ3n) is 4.64. The molecule has 2 aromatic heterocycles. The van der Waals surface area contributed by atoms with Gasteiger partial charge in [-0.3, -0.25) is 5.32 Å². The topological polar surface area (TPSA) is 81.6 Å². The zero-order valence-corrected chi connectivity index (χ0v) is 16.9. The molecule has 0 unspecified atom stereocenters. The summed E-state index contributed by atoms with van der Waals surface area (Å²) in [6.45, 7) is 3.90. The van der Waals surface area contributed by atoms with Gasteiger partial charge in [-0.15, -0.1) is 0 Å². The Labute approximate surface area is 171 Å². The van der Waals surface area contributed by atoms with Crippen molar-refractivity contribution in [2.75, 3.05) is 36.6 Å². The Bertz CT molecular complexity index is 1020. The number of pyridine rings is 1. The van der Waals surface area contributed by atoms with Crippen molar-refractivity contribution in [2.45, 2.75) is 13.3 Å². The molecule has 2 N–H and O–H groups in total. The van der Waals surface area contributed by atoms with Gasteiger partial charge in [-0.1, -0.05) is 29.0 Å². The fraction of sp³-hybridized carbons (Fsp3) is 0.316. The number of carbonyl (C=O) groups excluding carboxylic acids is 1. The number of hydrogen-bond acceptors (Lipinski definition) is 6. The fourth-order valence-corrected chi connectivity index (χ4v) is 4.40. The van der Waals surface area contributed by atoms with Crippen molar-refractivity contribution < 1.29 is 9.90 Å². The first-order chi connectivity index (χ1) is 13.5. The van der Waals surface area contributed by atoms with Crippen LogP contribution in [0.2, 0.25) is 5.02 Å². The predicted molar refractivity (Wildman–Crippen MR) is 112 cm³/mol. The van der Waals surface area contributed by atoms with Crippen molar-refractivity contribution in [3.05, 3.63) is 46.6 Å². The smallest absolute Gasteiger partial charge is 0.325 e. The molecule has 0 saturated carbocycles. The van der Waals surface area contributed by atoms with E-state index >= 15 is 0 Å². The Morgan fingerprint density at radius 1 is 1.36 bits per heavy atom. The molecule has 1 aromatic carbocycles. The van der Waals surface area contributed by atoms with E-state index in [1.165, 1.54) is 11.3 Å². The van der Waals surface area contributed by atoms with Crippen LogP contribution in [-0.2, 0) is 6.42 Å². The quantitative estimate of drug-likeness (QED) is 0.679. The van der Waals surface area contributed by atoms with Gasteiger partial charge >= 0.3 is 6.03 Å². The summed E-state index contributed by atoms with van der Waals surface area (Å²) in [6, 6.07) is 7.33. The molecule has 28 heavy (non-hydrogen) atoms. The van der Waals surface area contributed by atoms with Crippen LogP contribution in [0.5, 0.6) is 0 Å². The maximum absolute atomic E-state index is 12.6. The normalized spacial score (nSPS) is 14.1. The largest absolute Gasteiger partial charge is 0.396 e. The van der Waals surface area contributed by atoms with Crippen LogP contribution < -0.4 is 10.2 Å². The third kappa shape index (κ3) is 3.89. The lowest BCUT2D eigenvalue weighted by atomic mass is 10.1. The van der Waals surface area contributed by atoms with Crippen LogP contribution in [-0.4, -0.2) is 52.4 Å². The van der Waals surface area contributed by atoms with E-state index in [0.29, 0.717) is 29.8 Å². The highest BCUT2D eigenvalue weighted by Gasteiger charge is 2.26. The number of fused-ring (bicyclic) bond motifs is 1. The van der Waals surface area contributed by atoms with E-state index in [0.717, 1.165) is 33.7 Å². The molecule has 0 bridgehead atoms. The second-order valence-electron chi connectivity index (χ2n) is 6.69. The number of thiazole rings is 1. The van der Waals surface area contributed by atoms with E-state index in [9.17, 15) is 4.79 Å². The van der Waals surface area contributed by atoms with Gasteiger partial charge in [0, 0.05) is 30.9 Å². The molecular weight excluding hydrogens is 398 g/mol. The van der Waals surface area contributed by atoms with Crippen LogP contribution in [0.4, 0.5) is 15.7 Å². The number of carbonyl (C=O) groups is 1. The molecule has 1 fully saturated rings. The number of halogens is 1. The van der Waals surface area contributed by atoms with E-state index in [4.69, 9.17) is 16.7 Å². The van der Waals surface area contributed by atoms with Crippen LogP contribution >= 0.6 is 22.9 Å². The van der Waals surface area contributed by atoms with Crippen LogP contribution in [0.15, 0.2) is 30.5 Å². The highest BCUT2D eigenvalue weighted by Crippen LogP contribution is 2.29. The van der Waals surface area contributed by atoms with Crippen LogP contribution in [0.1, 0.15) is 11.1 Å². The molecule has 4 rings (SSSR count). The monoisotopic (exact) mass is 417 g/mol. The predicted octanol–water partition coefficient (Wildman–Crippen LogP) is 3.50. The molecule has 1 aliphatic rings. The standard InChI is InChI=1S/C19H20ClN5O2S/c1-12-8-13(4-7-26)10-21-17(12)24-5-6-25(11-24)19(27)23-18-22-15-3-2-14(20)9-16(15)28-18/h2-3,8-10,26H,4-7,11H2,1H3,(H,22,23,27). The summed E-state index contributed by atoms with van der Waals surface area (Å²) in [7, 11) is 0. The Kier molecular flexibility index (Phi) is 5.34. The molecule has 2 amide bonds. The molecule has 0 aliphatic carbocycles. The molecule has 9 heteroatoms. The van der Waals surface area contributed by atoms with Gasteiger partial charge in [0.05, 0.1) is 16.9 Å². The number of aliphatic hydroxyl groups excluding tert-OH is 1. The number of nitrogens with one attached hydrogen (secondary N) is 1. The van der Waals surface area contributed by atoms with Gasteiger partial charge in [-0.2, -0.15) is 0 Å². The van der Waals surface area contributed by atoms with E-state index in [1.807, 2.05) is 25.1 Å². The lowest BCUT2D eigenvalue weighted by molar-refractivity contribution is 0.223. The lowest BCUT2D eigenvalue weighted by Crippen LogP contribution is -2.35. The summed E-state index contributed by atoms with van der Waals surface area (Å²) in [5, 5.41) is 13.2. The number of rotatable bonds is 4. The second kappa shape index (κ2) is 7.90. The fourth-order valence-electron chi connectivity index (χ4n) is 3.27. The highest BCUT2D eigenvalue weighted by atomic mass is 35.5. The van der Waals surface area contributed by atoms with Gasteiger partial charge in [0.2, 0.25) is 0 Å². The lowest BCUT2D eigenvalue weighted by Gasteiger charge is -2.21. The number of aromatic nitrogens is 2. The summed E-state index contributed by atoms with van der Waals surface area (Å²) in [4.78, 5) is 25.4. The van der Waals surface area contributed by atoms with Gasteiger partial charge in [0.15, 0.2) is 5.13 Å². The Morgan fingerprint density at radius 2 is 2.21 bits per heavy atom. The zero-order chi connectivity index (χ0) is 19.7. The van der Waals surface area contributed by atoms with E-state index in [1.54, 1.807) is 17.2 Å². The number of aryl methyl sites for hydroxylation is 1. The number of aliphatic hydroxyl groups is 1. The maximum Gasteiger partial charge on any atom is 0.325 e. The zero-order valence-electron chi connectivity index (χ0n) is 15.4. The van der Waals surface area contributed by atoms with Crippen molar-refractivity contribution >= 4 is 50.1 Å². The van der Waals surface area contributed by atoms with E-state index in [-0.39, 0.29) is 12.6 Å². The van der Waals surface area contributed by atoms with Crippen molar-refractivity contribution in [2.24, 2.45) is 0 Å². The molecular formula is C19H20ClN5O2S. The van der Waals surface area contributed by atoms with Crippen LogP contribution in [0.3, 0.4) is 0 Å². The minimum atomic E-state index is -0.179. The summed E-state index contributed by atoms with van der Waals surface area (Å²) in [6.07, 6.45) is 2.38. The summed E-state index contributed by atoms with van der Waals surface area (Å²) in [5.41, 5.74) is 2.86. The maximum atomic E-state index is 12.6. The van der Waals surface area contributed by atoms with Crippen molar-refractivity contribution in [1.82, 2.24) is 14.9 Å². The first kappa shape index (κ1) is 18.9. The van der Waals surface area contributed by atoms with E-state index in [2.05, 4.69) is 20.2 Å². The number of nitrogens with zero attached hydrogens (tertiary/aromatic N) is 4. The van der Waals surface area contributed by atoms with Crippen LogP contribution in [0, 0.1) is 6.92 Å². The summed E-state index contributed by atoms with van der Waals surface area (Å²) >= 11 is 7.41. The molecule has 7 nitrogen and oxygen atoms in total. The number of anilines is 2. The molecule has 1 saturated heterocycles. The summed E-state index contributed by atoms with van der Waals surface area (Å²) < 4.78 is 0.939. The molecule has 0 spiro atoms. The number of amides is 2. The van der Waals surface area contributed by atoms with Gasteiger partial charge in [-0.05, 0) is 42.7 Å². The Morgan fingerprint density at radius 3 is 3.00 bits per heavy atom. The Hall–Kier alpha value is -2.42. The second-order valence-corrected chi connectivity index (χ2v) is 8.15. The van der Waals surface area contributed by atoms with Crippen molar-refractivity contribution in [1.29, 1.82) is 0 Å². The first-order valence-electron chi connectivity index (χ1n) is 8.97. The minimum Gasteiger partial charge on any atom is -0.396 e. The van der Waals surface area contributed by atoms with Gasteiger partial charge in [-0.25, -0.2) is 14.8 Å². The molecule has 3 aromatic rings. The molecule has 146 valence electrons. The van der Waals surface area contributed by atoms with Gasteiger partial charge in [0.1, 0.15) is 5.82 Å². The van der Waals surface area contributed by atoms with Crippen LogP contribution in [0.25, 0.3) is 10.2 Å². The molecule has 3 heterocycles. The van der Waals surface area contributed by atoms with Gasteiger partial charge < -0.3 is 14.9 Å².